The fraction of sp³-hybridized carbons (Fsp3) is 0.209. The van der Waals surface area contributed by atoms with Crippen LogP contribution in [0.5, 0.6) is 5.75 Å². The summed E-state index contributed by atoms with van der Waals surface area (Å²) < 4.78 is 97.1. The summed E-state index contributed by atoms with van der Waals surface area (Å²) in [6, 6.07) is 70.6. The van der Waals surface area contributed by atoms with Gasteiger partial charge in [0.05, 0.1) is 42.5 Å². The lowest BCUT2D eigenvalue weighted by molar-refractivity contribution is -0.678. The molecule has 79 heavy (non-hydrogen) atoms. The molecule has 0 radical (unpaired) electrons. The van der Waals surface area contributed by atoms with Gasteiger partial charge in [-0.15, -0.1) is 0 Å². The highest BCUT2D eigenvalue weighted by Crippen LogP contribution is 2.43. The van der Waals surface area contributed by atoms with E-state index in [9.17, 15) is 25.9 Å². The average Bonchev–Trinajstić information content (AvgIpc) is 4.13. The fourth-order valence-corrected chi connectivity index (χ4v) is 13.3. The number of fused-ring (bicyclic) bond motifs is 2. The van der Waals surface area contributed by atoms with Crippen LogP contribution in [0.15, 0.2) is 240 Å². The molecule has 10 nitrogen and oxygen atoms in total. The summed E-state index contributed by atoms with van der Waals surface area (Å²) in [5, 5.41) is -2.48. The number of nitrogens with zero attached hydrogens (tertiary/aromatic N) is 2. The Balaban J connectivity index is 1.04. The molecular formula is C67H63N2O8S2-. The lowest BCUT2D eigenvalue weighted by Gasteiger charge is -2.31. The van der Waals surface area contributed by atoms with Gasteiger partial charge in [0, 0.05) is 25.1 Å². The molecule has 2 atom stereocenters. The highest BCUT2D eigenvalue weighted by Gasteiger charge is 2.34. The number of benzene rings is 8. The van der Waals surface area contributed by atoms with E-state index in [0.717, 1.165) is 61.3 Å². The Morgan fingerprint density at radius 2 is 0.962 bits per heavy atom. The monoisotopic (exact) mass is 1090 g/mol. The van der Waals surface area contributed by atoms with Gasteiger partial charge in [0.25, 0.3) is 5.52 Å². The number of aromatic nitrogens is 1. The second-order valence-electron chi connectivity index (χ2n) is 20.4. The molecule has 0 N–H and O–H groups in total. The van der Waals surface area contributed by atoms with Gasteiger partial charge in [-0.05, 0) is 119 Å². The fourth-order valence-electron chi connectivity index (χ4n) is 11.1. The molecule has 1 aromatic heterocycles. The summed E-state index contributed by atoms with van der Waals surface area (Å²) in [7, 11) is -9.66. The first-order chi connectivity index (χ1) is 38.4. The van der Waals surface area contributed by atoms with Crippen LogP contribution in [0.1, 0.15) is 54.3 Å². The smallest absolute Gasteiger partial charge is 0.374 e. The first-order valence-electron chi connectivity index (χ1n) is 27.0. The van der Waals surface area contributed by atoms with E-state index in [4.69, 9.17) is 9.15 Å². The molecule has 8 aromatic carbocycles. The van der Waals surface area contributed by atoms with Gasteiger partial charge < -0.3 is 23.2 Å². The zero-order valence-electron chi connectivity index (χ0n) is 44.1. The van der Waals surface area contributed by atoms with Gasteiger partial charge in [0.15, 0.2) is 12.3 Å². The van der Waals surface area contributed by atoms with Crippen molar-refractivity contribution in [3.8, 4) is 28.0 Å². The Bertz CT molecular complexity index is 3680. The van der Waals surface area contributed by atoms with E-state index in [0.29, 0.717) is 55.2 Å². The quantitative estimate of drug-likeness (QED) is 0.0451. The summed E-state index contributed by atoms with van der Waals surface area (Å²) in [5.74, 6) is 0.395. The number of ether oxygens (including phenoxy) is 1. The SMILES string of the molecule is CCC(=Cc1oc2ccc(-c3ccccc3)cc2[n+]1CCC(C(Cc1ccccc1)Cc1ccccc1)S(=O)(=O)[O-])C=C1Oc2ccc(-c3ccccc3)cc2N1CCC(C(Cc1ccccc1)Cc1ccccc1)S(=O)(=O)[O-]. The number of anilines is 1. The summed E-state index contributed by atoms with van der Waals surface area (Å²) >= 11 is 0. The van der Waals surface area contributed by atoms with Crippen molar-refractivity contribution < 1.29 is 39.7 Å². The largest absolute Gasteiger partial charge is 0.748 e. The highest BCUT2D eigenvalue weighted by atomic mass is 32.2. The van der Waals surface area contributed by atoms with Crippen LogP contribution in [0.2, 0.25) is 0 Å². The molecular weight excluding hydrogens is 1020 g/mol. The normalized spacial score (nSPS) is 14.2. The summed E-state index contributed by atoms with van der Waals surface area (Å²) in [5.41, 5.74) is 10.4. The molecule has 0 spiro atoms. The molecule has 0 fully saturated rings. The molecule has 0 saturated carbocycles. The van der Waals surface area contributed by atoms with E-state index < -0.39 is 42.6 Å². The van der Waals surface area contributed by atoms with Crippen LogP contribution in [0.25, 0.3) is 39.4 Å². The van der Waals surface area contributed by atoms with Crippen LogP contribution < -0.4 is 14.2 Å². The highest BCUT2D eigenvalue weighted by molar-refractivity contribution is 7.86. The third-order valence-corrected chi connectivity index (χ3v) is 17.9. The Hall–Kier alpha value is -7.87. The van der Waals surface area contributed by atoms with Crippen LogP contribution in [-0.2, 0) is 52.5 Å². The molecule has 0 saturated heterocycles. The third-order valence-electron chi connectivity index (χ3n) is 15.1. The van der Waals surface area contributed by atoms with Crippen molar-refractivity contribution in [2.75, 3.05) is 11.4 Å². The van der Waals surface area contributed by atoms with E-state index >= 15 is 0 Å². The van der Waals surface area contributed by atoms with Gasteiger partial charge in [-0.25, -0.2) is 16.8 Å². The molecule has 0 aliphatic carbocycles. The number of hydrogen-bond acceptors (Lipinski definition) is 9. The van der Waals surface area contributed by atoms with Crippen molar-refractivity contribution in [2.24, 2.45) is 11.8 Å². The second-order valence-corrected chi connectivity index (χ2v) is 23.6. The molecule has 2 heterocycles. The zero-order chi connectivity index (χ0) is 54.8. The van der Waals surface area contributed by atoms with Crippen LogP contribution in [0.4, 0.5) is 5.69 Å². The number of oxazole rings is 1. The van der Waals surface area contributed by atoms with Crippen LogP contribution in [-0.4, -0.2) is 43.0 Å². The molecule has 9 aromatic rings. The molecule has 10 rings (SSSR count). The van der Waals surface area contributed by atoms with Crippen molar-refractivity contribution >= 4 is 43.1 Å². The van der Waals surface area contributed by atoms with Crippen molar-refractivity contribution in [2.45, 2.75) is 68.9 Å². The van der Waals surface area contributed by atoms with Gasteiger partial charge in [-0.2, -0.15) is 4.57 Å². The first-order valence-corrected chi connectivity index (χ1v) is 29.9. The topological polar surface area (TPSA) is 144 Å². The van der Waals surface area contributed by atoms with Crippen molar-refractivity contribution in [3.05, 3.63) is 264 Å². The third kappa shape index (κ3) is 13.7. The zero-order valence-corrected chi connectivity index (χ0v) is 45.7. The van der Waals surface area contributed by atoms with Crippen LogP contribution in [0, 0.1) is 11.8 Å². The Morgan fingerprint density at radius 1 is 0.532 bits per heavy atom. The Labute approximate surface area is 464 Å². The minimum absolute atomic E-state index is 0.0176. The lowest BCUT2D eigenvalue weighted by atomic mass is 9.88. The molecule has 2 unspecified atom stereocenters. The van der Waals surface area contributed by atoms with Gasteiger partial charge in [0.2, 0.25) is 11.5 Å². The van der Waals surface area contributed by atoms with E-state index in [2.05, 4.69) is 0 Å². The van der Waals surface area contributed by atoms with Crippen molar-refractivity contribution in [3.63, 3.8) is 0 Å². The Morgan fingerprint density at radius 3 is 1.42 bits per heavy atom. The van der Waals surface area contributed by atoms with E-state index in [1.165, 1.54) is 0 Å². The van der Waals surface area contributed by atoms with Crippen LogP contribution in [0.3, 0.4) is 0 Å². The van der Waals surface area contributed by atoms with Gasteiger partial charge in [-0.1, -0.05) is 201 Å². The minimum Gasteiger partial charge on any atom is -0.748 e. The van der Waals surface area contributed by atoms with Crippen molar-refractivity contribution in [1.29, 1.82) is 0 Å². The molecule has 1 aliphatic rings. The van der Waals surface area contributed by atoms with E-state index in [-0.39, 0.29) is 25.9 Å². The first kappa shape index (κ1) is 54.5. The average molecular weight is 1090 g/mol. The van der Waals surface area contributed by atoms with Gasteiger partial charge in [0.1, 0.15) is 0 Å². The molecule has 402 valence electrons. The molecule has 12 heteroatoms. The Kier molecular flexibility index (Phi) is 17.1. The minimum atomic E-state index is -4.83. The second kappa shape index (κ2) is 24.9. The van der Waals surface area contributed by atoms with Gasteiger partial charge >= 0.3 is 5.89 Å². The standard InChI is InChI=1S/C67H64N2O8S2/c1-2-49(45-66-68(60-47-56(33-35-62(60)76-66)54-29-17-7-18-30-54)39-37-64(78(70,71)72)58(41-50-21-9-3-10-22-50)42-51-23-11-4-12-24-51)46-67-69(61-48-57(34-36-63(61)77-67)55-31-19-8-20-32-55)40-38-65(79(73,74)75)59(43-52-25-13-5-14-26-52)44-53-27-15-6-16-28-53/h3-36,45-48,58-59,64-65H,2,37-44H2,1H3,(H-,70,71,72,73,74,75)/p-1. The number of allylic oxidation sites excluding steroid dienone is 2. The van der Waals surface area contributed by atoms with Crippen LogP contribution >= 0.6 is 0 Å². The number of hydrogen-bond donors (Lipinski definition) is 0. The van der Waals surface area contributed by atoms with E-state index in [1.807, 2.05) is 247 Å². The predicted molar refractivity (Wildman–Crippen MR) is 312 cm³/mol. The molecule has 1 aliphatic heterocycles. The molecule has 0 bridgehead atoms. The predicted octanol–water partition coefficient (Wildman–Crippen LogP) is 13.4. The lowest BCUT2D eigenvalue weighted by Crippen LogP contribution is -2.41. The summed E-state index contributed by atoms with van der Waals surface area (Å²) in [4.78, 5) is 1.97. The maximum Gasteiger partial charge on any atom is 0.374 e. The number of rotatable bonds is 23. The summed E-state index contributed by atoms with van der Waals surface area (Å²) in [6.07, 6.45) is 5.95. The van der Waals surface area contributed by atoms with Gasteiger partial charge in [-0.3, -0.25) is 0 Å². The molecule has 0 amide bonds. The summed E-state index contributed by atoms with van der Waals surface area (Å²) in [6.45, 7) is 2.30. The van der Waals surface area contributed by atoms with Crippen molar-refractivity contribution in [1.82, 2.24) is 0 Å². The number of aryl methyl sites for hydroxylation is 1. The van der Waals surface area contributed by atoms with E-state index in [1.54, 1.807) is 0 Å². The maximum atomic E-state index is 13.6. The maximum absolute atomic E-state index is 13.6.